The molecule has 1 atom stereocenters. The summed E-state index contributed by atoms with van der Waals surface area (Å²) in [6, 6.07) is 6.62. The number of unbranched alkanes of at least 4 members (excludes halogenated alkanes) is 9. The molecule has 1 aromatic carbocycles. The molecule has 0 N–H and O–H groups in total. The summed E-state index contributed by atoms with van der Waals surface area (Å²) >= 11 is 0. The van der Waals surface area contributed by atoms with Crippen LogP contribution in [0.3, 0.4) is 0 Å². The van der Waals surface area contributed by atoms with E-state index in [9.17, 15) is 9.59 Å². The lowest BCUT2D eigenvalue weighted by Gasteiger charge is -2.13. The maximum Gasteiger partial charge on any atom is 0.338 e. The molecule has 1 rings (SSSR count). The Balaban J connectivity index is 2.32. The van der Waals surface area contributed by atoms with Crippen molar-refractivity contribution in [3.63, 3.8) is 0 Å². The molecule has 0 aliphatic rings. The number of hydrogen-bond acceptors (Lipinski definition) is 4. The molecule has 0 radical (unpaired) electrons. The van der Waals surface area contributed by atoms with Gasteiger partial charge in [-0.25, -0.2) is 9.59 Å². The minimum Gasteiger partial charge on any atom is -0.462 e. The van der Waals surface area contributed by atoms with Crippen LogP contribution < -0.4 is 0 Å². The highest BCUT2D eigenvalue weighted by atomic mass is 16.5. The van der Waals surface area contributed by atoms with E-state index in [1.807, 2.05) is 6.92 Å². The molecule has 0 fully saturated rings. The quantitative estimate of drug-likeness (QED) is 0.218. The van der Waals surface area contributed by atoms with E-state index in [2.05, 4.69) is 13.8 Å². The molecule has 0 aliphatic heterocycles. The zero-order valence-electron chi connectivity index (χ0n) is 18.7. The average Bonchev–Trinajstić information content (AvgIpc) is 2.72. The van der Waals surface area contributed by atoms with E-state index in [0.29, 0.717) is 17.7 Å². The first-order valence-corrected chi connectivity index (χ1v) is 11.6. The Morgan fingerprint density at radius 2 is 1.34 bits per heavy atom. The molecule has 4 heteroatoms. The molecule has 0 saturated heterocycles. The Bertz CT molecular complexity index is 582. The van der Waals surface area contributed by atoms with Gasteiger partial charge in [-0.15, -0.1) is 0 Å². The molecule has 0 saturated carbocycles. The molecule has 164 valence electrons. The first kappa shape index (κ1) is 25.2. The predicted molar refractivity (Wildman–Crippen MR) is 118 cm³/mol. The molecule has 0 spiro atoms. The lowest BCUT2D eigenvalue weighted by molar-refractivity contribution is 0.0319. The van der Waals surface area contributed by atoms with Crippen molar-refractivity contribution < 1.29 is 19.1 Å². The third-order valence-electron chi connectivity index (χ3n) is 5.09. The Labute approximate surface area is 177 Å². The Kier molecular flexibility index (Phi) is 13.9. The van der Waals surface area contributed by atoms with Gasteiger partial charge in [0, 0.05) is 0 Å². The molecule has 0 bridgehead atoms. The molecule has 0 heterocycles. The Hall–Kier alpha value is -1.84. The molecule has 0 aliphatic carbocycles. The summed E-state index contributed by atoms with van der Waals surface area (Å²) in [5, 5.41) is 0. The lowest BCUT2D eigenvalue weighted by Crippen LogP contribution is -2.16. The number of rotatable bonds is 16. The normalized spacial score (nSPS) is 11.8. The van der Waals surface area contributed by atoms with Crippen molar-refractivity contribution in [3.05, 3.63) is 35.4 Å². The molecule has 4 nitrogen and oxygen atoms in total. The van der Waals surface area contributed by atoms with Gasteiger partial charge in [0.15, 0.2) is 0 Å². The summed E-state index contributed by atoms with van der Waals surface area (Å²) < 4.78 is 10.9. The van der Waals surface area contributed by atoms with Crippen LogP contribution >= 0.6 is 0 Å². The third-order valence-corrected chi connectivity index (χ3v) is 5.09. The van der Waals surface area contributed by atoms with E-state index in [1.54, 1.807) is 24.3 Å². The van der Waals surface area contributed by atoms with Gasteiger partial charge in [-0.2, -0.15) is 0 Å². The summed E-state index contributed by atoms with van der Waals surface area (Å²) in [6.07, 6.45) is 13.7. The lowest BCUT2D eigenvalue weighted by atomic mass is 10.1. The van der Waals surface area contributed by atoms with Crippen LogP contribution in [0, 0.1) is 0 Å². The molecule has 0 amide bonds. The number of carbonyl (C=O) groups is 2. The van der Waals surface area contributed by atoms with Crippen molar-refractivity contribution in [2.45, 2.75) is 104 Å². The minimum atomic E-state index is -0.383. The van der Waals surface area contributed by atoms with E-state index in [4.69, 9.17) is 9.47 Å². The summed E-state index contributed by atoms with van der Waals surface area (Å²) in [7, 11) is 0. The zero-order valence-corrected chi connectivity index (χ0v) is 18.7. The van der Waals surface area contributed by atoms with Crippen molar-refractivity contribution in [2.75, 3.05) is 6.61 Å². The number of esters is 2. The van der Waals surface area contributed by atoms with Gasteiger partial charge in [-0.05, 0) is 44.4 Å². The van der Waals surface area contributed by atoms with Crippen LogP contribution in [0.4, 0.5) is 0 Å². The first-order valence-electron chi connectivity index (χ1n) is 11.6. The highest BCUT2D eigenvalue weighted by Gasteiger charge is 2.15. The van der Waals surface area contributed by atoms with Crippen LogP contribution in [-0.2, 0) is 9.47 Å². The molecular formula is C25H40O4. The van der Waals surface area contributed by atoms with Crippen LogP contribution in [0.25, 0.3) is 0 Å². The van der Waals surface area contributed by atoms with Crippen molar-refractivity contribution in [1.82, 2.24) is 0 Å². The van der Waals surface area contributed by atoms with Crippen LogP contribution in [0.5, 0.6) is 0 Å². The van der Waals surface area contributed by atoms with Crippen LogP contribution in [0.1, 0.15) is 119 Å². The van der Waals surface area contributed by atoms with Crippen molar-refractivity contribution in [3.8, 4) is 0 Å². The second-order valence-electron chi connectivity index (χ2n) is 7.90. The van der Waals surface area contributed by atoms with Crippen LogP contribution in [-0.4, -0.2) is 24.6 Å². The molecular weight excluding hydrogens is 364 g/mol. The zero-order chi connectivity index (χ0) is 21.3. The fourth-order valence-corrected chi connectivity index (χ4v) is 3.25. The fourth-order valence-electron chi connectivity index (χ4n) is 3.25. The van der Waals surface area contributed by atoms with Gasteiger partial charge in [0.2, 0.25) is 0 Å². The van der Waals surface area contributed by atoms with E-state index >= 15 is 0 Å². The minimum absolute atomic E-state index is 0.119. The maximum atomic E-state index is 12.3. The van der Waals surface area contributed by atoms with E-state index in [1.165, 1.54) is 38.5 Å². The smallest absolute Gasteiger partial charge is 0.338 e. The van der Waals surface area contributed by atoms with Crippen molar-refractivity contribution >= 4 is 11.9 Å². The van der Waals surface area contributed by atoms with Gasteiger partial charge in [0.25, 0.3) is 0 Å². The molecule has 1 aromatic rings. The first-order chi connectivity index (χ1) is 14.1. The van der Waals surface area contributed by atoms with Gasteiger partial charge in [-0.3, -0.25) is 0 Å². The molecule has 0 aromatic heterocycles. The van der Waals surface area contributed by atoms with Gasteiger partial charge >= 0.3 is 11.9 Å². The molecule has 29 heavy (non-hydrogen) atoms. The van der Waals surface area contributed by atoms with E-state index in [0.717, 1.165) is 38.5 Å². The monoisotopic (exact) mass is 404 g/mol. The number of carbonyl (C=O) groups excluding carboxylic acids is 2. The van der Waals surface area contributed by atoms with Gasteiger partial charge < -0.3 is 9.47 Å². The summed E-state index contributed by atoms with van der Waals surface area (Å²) in [4.78, 5) is 24.6. The van der Waals surface area contributed by atoms with E-state index < -0.39 is 0 Å². The highest BCUT2D eigenvalue weighted by molar-refractivity contribution is 5.95. The summed E-state index contributed by atoms with van der Waals surface area (Å²) in [5.74, 6) is -0.759. The second kappa shape index (κ2) is 16.0. The third kappa shape index (κ3) is 11.7. The second-order valence-corrected chi connectivity index (χ2v) is 7.90. The van der Waals surface area contributed by atoms with Crippen molar-refractivity contribution in [1.29, 1.82) is 0 Å². The standard InChI is InChI=1S/C25H40O4/c1-4-6-8-9-10-11-12-14-19-28-24(26)22-17-15-18-23(20-22)25(27)29-21(3)16-13-7-5-2/h15,17-18,20-21H,4-14,16,19H2,1-3H3. The number of benzene rings is 1. The van der Waals surface area contributed by atoms with Gasteiger partial charge in [0.1, 0.15) is 0 Å². The average molecular weight is 405 g/mol. The fraction of sp³-hybridized carbons (Fsp3) is 0.680. The topological polar surface area (TPSA) is 52.6 Å². The predicted octanol–water partition coefficient (Wildman–Crippen LogP) is 7.11. The Morgan fingerprint density at radius 1 is 0.793 bits per heavy atom. The molecule has 1 unspecified atom stereocenters. The summed E-state index contributed by atoms with van der Waals surface area (Å²) in [6.45, 7) is 6.71. The van der Waals surface area contributed by atoms with Crippen LogP contribution in [0.2, 0.25) is 0 Å². The van der Waals surface area contributed by atoms with E-state index in [-0.39, 0.29) is 18.0 Å². The highest BCUT2D eigenvalue weighted by Crippen LogP contribution is 2.13. The van der Waals surface area contributed by atoms with Crippen molar-refractivity contribution in [2.24, 2.45) is 0 Å². The number of ether oxygens (including phenoxy) is 2. The van der Waals surface area contributed by atoms with Crippen LogP contribution in [0.15, 0.2) is 24.3 Å². The van der Waals surface area contributed by atoms with Gasteiger partial charge in [-0.1, -0.05) is 77.7 Å². The summed E-state index contributed by atoms with van der Waals surface area (Å²) in [5.41, 5.74) is 0.798. The number of hydrogen-bond donors (Lipinski definition) is 0. The largest absolute Gasteiger partial charge is 0.462 e. The Morgan fingerprint density at radius 3 is 2.00 bits per heavy atom. The van der Waals surface area contributed by atoms with Gasteiger partial charge in [0.05, 0.1) is 23.8 Å². The SMILES string of the molecule is CCCCCCCCCCOC(=O)c1cccc(C(=O)OC(C)CCCCC)c1. The maximum absolute atomic E-state index is 12.3.